The van der Waals surface area contributed by atoms with Gasteiger partial charge in [0.05, 0.1) is 0 Å². The van der Waals surface area contributed by atoms with Gasteiger partial charge >= 0.3 is 425 Å². The zero-order chi connectivity index (χ0) is 44.6. The summed E-state index contributed by atoms with van der Waals surface area (Å²) in [5, 5.41) is 30.3. The van der Waals surface area contributed by atoms with Crippen LogP contribution in [0.25, 0.3) is 44.6 Å². The summed E-state index contributed by atoms with van der Waals surface area (Å²) in [6, 6.07) is 14.4. The molecule has 0 saturated carbocycles. The van der Waals surface area contributed by atoms with E-state index in [0.717, 1.165) is 96.5 Å². The fourth-order valence-electron chi connectivity index (χ4n) is 8.15. The molecule has 0 radical (unpaired) electrons. The van der Waals surface area contributed by atoms with Crippen LogP contribution in [0.1, 0.15) is 30.4 Å². The molecule has 2 aliphatic carbocycles. The van der Waals surface area contributed by atoms with Crippen molar-refractivity contribution in [2.45, 2.75) is 32.1 Å². The number of carbonyl (C=O) groups excluding carboxylic acids is 2. The van der Waals surface area contributed by atoms with E-state index >= 15 is 0 Å². The predicted molar refractivity (Wildman–Crippen MR) is 290 cm³/mol. The van der Waals surface area contributed by atoms with Gasteiger partial charge in [0.15, 0.2) is 0 Å². The Balaban J connectivity index is 0.808. The van der Waals surface area contributed by atoms with E-state index in [9.17, 15) is 29.4 Å². The van der Waals surface area contributed by atoms with Crippen molar-refractivity contribution in [3.63, 3.8) is 0 Å². The first-order chi connectivity index (χ1) is 31.7. The van der Waals surface area contributed by atoms with Gasteiger partial charge < -0.3 is 0 Å². The number of amides is 2. The van der Waals surface area contributed by atoms with Crippen LogP contribution in [0.4, 0.5) is 0 Å². The van der Waals surface area contributed by atoms with E-state index in [-0.39, 0.29) is 47.0 Å². The maximum atomic E-state index is 13.5. The van der Waals surface area contributed by atoms with Gasteiger partial charge in [0.25, 0.3) is 0 Å². The van der Waals surface area contributed by atoms with Crippen LogP contribution in [0.5, 0.6) is 11.5 Å². The summed E-state index contributed by atoms with van der Waals surface area (Å²) in [4.78, 5) is 53.8. The number of aryl methyl sites for hydroxylation is 2. The fourth-order valence-corrected chi connectivity index (χ4v) is 67.3. The second-order valence-electron chi connectivity index (χ2n) is 15.1. The quantitative estimate of drug-likeness (QED) is 0.0623. The minimum absolute atomic E-state index is 0.0155. The van der Waals surface area contributed by atoms with Crippen molar-refractivity contribution in [3.8, 4) is 34.1 Å². The molecule has 0 bridgehead atoms. The van der Waals surface area contributed by atoms with Crippen LogP contribution in [0.15, 0.2) is 67.0 Å². The average Bonchev–Trinajstić information content (AvgIpc) is 4.16. The van der Waals surface area contributed by atoms with Crippen LogP contribution in [0.2, 0.25) is 0 Å². The monoisotopic (exact) mass is 1270 g/mol. The molecule has 0 unspecified atom stereocenters. The summed E-state index contributed by atoms with van der Waals surface area (Å²) in [6.45, 7) is 0.808. The van der Waals surface area contributed by atoms with E-state index in [2.05, 4.69) is 10.6 Å². The Morgan fingerprint density at radius 3 is 1.23 bits per heavy atom. The molecule has 65 heavy (non-hydrogen) atoms. The van der Waals surface area contributed by atoms with Gasteiger partial charge in [-0.25, -0.2) is 0 Å². The van der Waals surface area contributed by atoms with Crippen LogP contribution in [0, 0.1) is 0 Å². The van der Waals surface area contributed by atoms with Gasteiger partial charge in [0, 0.05) is 0 Å². The van der Waals surface area contributed by atoms with E-state index in [4.69, 9.17) is 8.83 Å². The Labute approximate surface area is 420 Å². The van der Waals surface area contributed by atoms with Gasteiger partial charge in [-0.2, -0.15) is 0 Å². The van der Waals surface area contributed by atoms with Gasteiger partial charge in [0.2, 0.25) is 0 Å². The van der Waals surface area contributed by atoms with Crippen LogP contribution < -0.4 is 38.9 Å². The molecular formula is C43H42As4N2O8S8. The topological polar surface area (TPSA) is 159 Å². The second-order valence-corrected chi connectivity index (χ2v) is 61.5. The molecule has 0 atom stereocenters. The number of phenols is 2. The Kier molecular flexibility index (Phi) is 16.1. The number of aromatic hydroxyl groups is 2. The predicted octanol–water partition coefficient (Wildman–Crippen LogP) is 5.41. The first-order valence-corrected chi connectivity index (χ1v) is 50.7. The van der Waals surface area contributed by atoms with E-state index in [1.54, 1.807) is 24.3 Å². The van der Waals surface area contributed by atoms with Crippen molar-refractivity contribution in [1.29, 1.82) is 0 Å². The number of hydrogen-bond donors (Lipinski definition) is 4. The SMILES string of the molecule is O=C(CCc1c2ccc(=O)c([As]3SCCS3)c-2oc2c([As]3SCCS3)c(O)ccc12)NCCCNC(=O)CCc1c2ccc(=O)c([As]3SCCS3)c-2oc2c([As]3SCCS3)c(O)ccc12. The van der Waals surface area contributed by atoms with E-state index in [1.165, 1.54) is 0 Å². The van der Waals surface area contributed by atoms with Crippen LogP contribution in [-0.2, 0) is 22.4 Å². The summed E-state index contributed by atoms with van der Waals surface area (Å²) in [6.07, 6.45) is 1.94. The molecule has 6 aliphatic heterocycles. The number of nitrogens with one attached hydrogen (secondary N) is 2. The Bertz CT molecular complexity index is 2660. The molecule has 2 aromatic carbocycles. The summed E-state index contributed by atoms with van der Waals surface area (Å²) < 4.78 is 17.0. The molecule has 10 rings (SSSR count). The van der Waals surface area contributed by atoms with Gasteiger partial charge in [-0.1, -0.05) is 0 Å². The number of carbonyl (C=O) groups is 2. The van der Waals surface area contributed by atoms with Crippen LogP contribution in [-0.4, -0.2) is 130 Å². The summed E-state index contributed by atoms with van der Waals surface area (Å²) in [7, 11) is 15.3. The molecule has 0 spiro atoms. The zero-order valence-electron chi connectivity index (χ0n) is 34.6. The van der Waals surface area contributed by atoms with Gasteiger partial charge in [-0.15, -0.1) is 0 Å². The second kappa shape index (κ2) is 21.8. The third-order valence-corrected chi connectivity index (χ3v) is 65.4. The van der Waals surface area contributed by atoms with Crippen LogP contribution >= 0.6 is 80.2 Å². The molecule has 0 aromatic heterocycles. The third-order valence-electron chi connectivity index (χ3n) is 11.1. The number of benzene rings is 4. The van der Waals surface area contributed by atoms with Crippen molar-refractivity contribution in [2.75, 3.05) is 59.1 Å². The molecule has 4 N–H and O–H groups in total. The van der Waals surface area contributed by atoms with Crippen molar-refractivity contribution in [3.05, 3.63) is 80.1 Å². The van der Waals surface area contributed by atoms with Gasteiger partial charge in [-0.05, 0) is 0 Å². The van der Waals surface area contributed by atoms with Crippen molar-refractivity contribution in [2.24, 2.45) is 0 Å². The molecule has 2 aromatic rings. The fraction of sp³-hybridized carbons (Fsp3) is 0.349. The minimum atomic E-state index is -1.76. The normalized spacial score (nSPS) is 17.7. The van der Waals surface area contributed by atoms with Gasteiger partial charge in [0.1, 0.15) is 0 Å². The van der Waals surface area contributed by atoms with E-state index in [0.29, 0.717) is 55.0 Å². The van der Waals surface area contributed by atoms with E-state index in [1.807, 2.05) is 104 Å². The molecule has 8 aliphatic rings. The molecule has 4 saturated heterocycles. The standard InChI is InChI=1S/C43H42As4N2O8S8/c50-30-8-2-26-24(27-3-9-31(51)37(45-60-18-19-61-45)41(27)56-40(26)36(30)44-58-16-17-59-44)6-12-34(54)48-14-1-15-49-35(55)13-7-25-28-4-10-32(52)38(46-62-20-21-63-46)42(28)57-43-29(25)5-11-33(53)39(43)47-64-22-23-65-47/h2-5,8-11,50,52H,1,6-7,12-23H2,(H,48,54)(H,49,55). The molecule has 4 fully saturated rings. The van der Waals surface area contributed by atoms with Crippen molar-refractivity contribution in [1.82, 2.24) is 10.6 Å². The zero-order valence-corrected chi connectivity index (χ0v) is 48.7. The van der Waals surface area contributed by atoms with Crippen LogP contribution in [0.3, 0.4) is 0 Å². The summed E-state index contributed by atoms with van der Waals surface area (Å²) in [5.41, 5.74) is 5.06. The number of hydrogen-bond acceptors (Lipinski definition) is 16. The summed E-state index contributed by atoms with van der Waals surface area (Å²) in [5.74, 6) is 9.86. The number of rotatable bonds is 14. The Hall–Kier alpha value is -0.606. The first kappa shape index (κ1) is 48.0. The maximum absolute atomic E-state index is 13.5. The van der Waals surface area contributed by atoms with E-state index < -0.39 is 49.4 Å². The Morgan fingerprint density at radius 2 is 0.862 bits per heavy atom. The Morgan fingerprint density at radius 1 is 0.508 bits per heavy atom. The van der Waals surface area contributed by atoms with Gasteiger partial charge in [-0.3, -0.25) is 0 Å². The van der Waals surface area contributed by atoms with Crippen molar-refractivity contribution >= 4 is 181 Å². The average molecular weight is 1270 g/mol. The summed E-state index contributed by atoms with van der Waals surface area (Å²) >= 11 is -6.95. The molecule has 340 valence electrons. The molecule has 10 nitrogen and oxygen atoms in total. The molecule has 22 heteroatoms. The molecule has 6 heterocycles. The van der Waals surface area contributed by atoms with Crippen molar-refractivity contribution < 1.29 is 28.6 Å². The number of phenolic OH excluding ortho intramolecular Hbond substituents is 2. The number of fused-ring (bicyclic) bond motifs is 4. The molecular weight excluding hydrogens is 1230 g/mol. The first-order valence-electron chi connectivity index (χ1n) is 21.0. The molecule has 2 amide bonds. The third kappa shape index (κ3) is 10.2.